The summed E-state index contributed by atoms with van der Waals surface area (Å²) < 4.78 is 5.86. The van der Waals surface area contributed by atoms with Crippen LogP contribution < -0.4 is 10.1 Å². The zero-order valence-electron chi connectivity index (χ0n) is 17.5. The molecule has 0 radical (unpaired) electrons. The van der Waals surface area contributed by atoms with Gasteiger partial charge in [-0.1, -0.05) is 61.7 Å². The number of aromatic nitrogens is 1. The molecule has 1 aliphatic rings. The molecule has 156 valence electrons. The van der Waals surface area contributed by atoms with Gasteiger partial charge in [0.05, 0.1) is 5.69 Å². The first-order chi connectivity index (χ1) is 15.3. The van der Waals surface area contributed by atoms with E-state index < -0.39 is 0 Å². The maximum atomic E-state index is 5.86. The van der Waals surface area contributed by atoms with Crippen molar-refractivity contribution in [1.82, 2.24) is 4.98 Å². The van der Waals surface area contributed by atoms with E-state index >= 15 is 0 Å². The first kappa shape index (κ1) is 19.8. The maximum Gasteiger partial charge on any atom is 0.187 e. The van der Waals surface area contributed by atoms with Gasteiger partial charge in [-0.05, 0) is 60.7 Å². The quantitative estimate of drug-likeness (QED) is 0.336. The van der Waals surface area contributed by atoms with Crippen LogP contribution in [0.4, 0.5) is 10.8 Å². The summed E-state index contributed by atoms with van der Waals surface area (Å²) in [5.74, 6) is 2.39. The molecule has 1 heterocycles. The van der Waals surface area contributed by atoms with Gasteiger partial charge in [0, 0.05) is 16.6 Å². The van der Waals surface area contributed by atoms with Crippen LogP contribution in [0.5, 0.6) is 11.5 Å². The summed E-state index contributed by atoms with van der Waals surface area (Å²) in [5.41, 5.74) is 4.67. The molecule has 0 saturated heterocycles. The molecule has 1 saturated carbocycles. The number of nitrogens with zero attached hydrogens (tertiary/aromatic N) is 1. The Bertz CT molecular complexity index is 1100. The van der Waals surface area contributed by atoms with E-state index in [0.717, 1.165) is 33.9 Å². The highest BCUT2D eigenvalue weighted by molar-refractivity contribution is 7.14. The fraction of sp³-hybridized carbons (Fsp3) is 0.222. The van der Waals surface area contributed by atoms with Gasteiger partial charge in [-0.3, -0.25) is 0 Å². The van der Waals surface area contributed by atoms with E-state index in [1.165, 1.54) is 43.2 Å². The minimum absolute atomic E-state index is 0.740. The average molecular weight is 427 g/mol. The largest absolute Gasteiger partial charge is 0.457 e. The van der Waals surface area contributed by atoms with Crippen molar-refractivity contribution >= 4 is 22.2 Å². The van der Waals surface area contributed by atoms with E-state index in [1.807, 2.05) is 54.6 Å². The summed E-state index contributed by atoms with van der Waals surface area (Å²) in [7, 11) is 0. The minimum atomic E-state index is 0.740. The Morgan fingerprint density at radius 3 is 2.23 bits per heavy atom. The normalized spacial score (nSPS) is 14.3. The second-order valence-corrected chi connectivity index (χ2v) is 8.92. The predicted octanol–water partition coefficient (Wildman–Crippen LogP) is 8.39. The van der Waals surface area contributed by atoms with Gasteiger partial charge >= 0.3 is 0 Å². The number of nitrogens with one attached hydrogen (secondary N) is 1. The number of hydrogen-bond acceptors (Lipinski definition) is 4. The molecular weight excluding hydrogens is 400 g/mol. The summed E-state index contributed by atoms with van der Waals surface area (Å²) in [6.07, 6.45) is 6.80. The highest BCUT2D eigenvalue weighted by Gasteiger charge is 2.15. The smallest absolute Gasteiger partial charge is 0.187 e. The monoisotopic (exact) mass is 426 g/mol. The summed E-state index contributed by atoms with van der Waals surface area (Å²) in [6.45, 7) is 0. The SMILES string of the molecule is c1ccc(Oc2ccc(Nc3nc(-c4ccc(C5CCCCC5)cc4)cs3)cc2)cc1. The lowest BCUT2D eigenvalue weighted by molar-refractivity contribution is 0.443. The van der Waals surface area contributed by atoms with E-state index in [4.69, 9.17) is 9.72 Å². The van der Waals surface area contributed by atoms with Crippen LogP contribution in [0.3, 0.4) is 0 Å². The molecule has 1 aromatic heterocycles. The Hall–Kier alpha value is -3.11. The van der Waals surface area contributed by atoms with E-state index in [9.17, 15) is 0 Å². The summed E-state index contributed by atoms with van der Waals surface area (Å²) in [4.78, 5) is 4.78. The third-order valence-electron chi connectivity index (χ3n) is 5.87. The van der Waals surface area contributed by atoms with Gasteiger partial charge in [0.1, 0.15) is 11.5 Å². The van der Waals surface area contributed by atoms with Gasteiger partial charge in [0.25, 0.3) is 0 Å². The van der Waals surface area contributed by atoms with Crippen molar-refractivity contribution in [3.8, 4) is 22.8 Å². The minimum Gasteiger partial charge on any atom is -0.457 e. The third kappa shape index (κ3) is 4.97. The van der Waals surface area contributed by atoms with Crippen LogP contribution in [0.1, 0.15) is 43.6 Å². The lowest BCUT2D eigenvalue weighted by Crippen LogP contribution is -2.04. The molecule has 1 fully saturated rings. The van der Waals surface area contributed by atoms with Crippen molar-refractivity contribution in [2.24, 2.45) is 0 Å². The van der Waals surface area contributed by atoms with Crippen molar-refractivity contribution in [2.45, 2.75) is 38.0 Å². The highest BCUT2D eigenvalue weighted by atomic mass is 32.1. The van der Waals surface area contributed by atoms with E-state index in [0.29, 0.717) is 0 Å². The Morgan fingerprint density at radius 1 is 0.774 bits per heavy atom. The number of thiazole rings is 1. The molecule has 3 aromatic carbocycles. The maximum absolute atomic E-state index is 5.86. The van der Waals surface area contributed by atoms with Gasteiger partial charge in [0.15, 0.2) is 5.13 Å². The van der Waals surface area contributed by atoms with Crippen LogP contribution in [0.2, 0.25) is 0 Å². The van der Waals surface area contributed by atoms with Crippen molar-refractivity contribution < 1.29 is 4.74 Å². The summed E-state index contributed by atoms with van der Waals surface area (Å²) in [5, 5.41) is 6.41. The number of anilines is 2. The molecule has 0 bridgehead atoms. The van der Waals surface area contributed by atoms with E-state index in [-0.39, 0.29) is 0 Å². The molecule has 5 rings (SSSR count). The molecule has 1 aliphatic carbocycles. The Balaban J connectivity index is 1.22. The van der Waals surface area contributed by atoms with Crippen LogP contribution in [0.15, 0.2) is 84.2 Å². The molecule has 0 atom stereocenters. The zero-order chi connectivity index (χ0) is 20.9. The van der Waals surface area contributed by atoms with Gasteiger partial charge in [-0.15, -0.1) is 11.3 Å². The highest BCUT2D eigenvalue weighted by Crippen LogP contribution is 2.34. The second-order valence-electron chi connectivity index (χ2n) is 8.06. The molecule has 0 spiro atoms. The number of ether oxygens (including phenoxy) is 1. The number of para-hydroxylation sites is 1. The molecule has 1 N–H and O–H groups in total. The standard InChI is InChI=1S/C27H26N2OS/c1-3-7-20(8-4-1)21-11-13-22(14-12-21)26-19-31-27(29-26)28-23-15-17-25(18-16-23)30-24-9-5-2-6-10-24/h2,5-6,9-20H,1,3-4,7-8H2,(H,28,29). The number of benzene rings is 3. The lowest BCUT2D eigenvalue weighted by Gasteiger charge is -2.22. The molecule has 31 heavy (non-hydrogen) atoms. The first-order valence-corrected chi connectivity index (χ1v) is 11.9. The predicted molar refractivity (Wildman–Crippen MR) is 130 cm³/mol. The average Bonchev–Trinajstić information content (AvgIpc) is 3.30. The zero-order valence-corrected chi connectivity index (χ0v) is 18.3. The Labute approximate surface area is 187 Å². The van der Waals surface area contributed by atoms with Crippen molar-refractivity contribution in [3.05, 3.63) is 89.8 Å². The molecule has 0 amide bonds. The van der Waals surface area contributed by atoms with Gasteiger partial charge < -0.3 is 10.1 Å². The van der Waals surface area contributed by atoms with Gasteiger partial charge in [0.2, 0.25) is 0 Å². The molecule has 4 aromatic rings. The molecule has 3 nitrogen and oxygen atoms in total. The van der Waals surface area contributed by atoms with Crippen LogP contribution in [0.25, 0.3) is 11.3 Å². The number of rotatable bonds is 6. The topological polar surface area (TPSA) is 34.1 Å². The molecular formula is C27H26N2OS. The van der Waals surface area contributed by atoms with Gasteiger partial charge in [-0.2, -0.15) is 0 Å². The second kappa shape index (κ2) is 9.36. The Kier molecular flexibility index (Phi) is 5.99. The number of hydrogen-bond donors (Lipinski definition) is 1. The van der Waals surface area contributed by atoms with Crippen molar-refractivity contribution in [1.29, 1.82) is 0 Å². The van der Waals surface area contributed by atoms with Crippen LogP contribution in [-0.2, 0) is 0 Å². The lowest BCUT2D eigenvalue weighted by atomic mass is 9.84. The van der Waals surface area contributed by atoms with Crippen molar-refractivity contribution in [2.75, 3.05) is 5.32 Å². The summed E-state index contributed by atoms with van der Waals surface area (Å²) in [6, 6.07) is 26.8. The van der Waals surface area contributed by atoms with Gasteiger partial charge in [-0.25, -0.2) is 4.98 Å². The van der Waals surface area contributed by atoms with Crippen LogP contribution in [-0.4, -0.2) is 4.98 Å². The third-order valence-corrected chi connectivity index (χ3v) is 6.63. The molecule has 4 heteroatoms. The van der Waals surface area contributed by atoms with Crippen LogP contribution >= 0.6 is 11.3 Å². The van der Waals surface area contributed by atoms with Crippen LogP contribution in [0, 0.1) is 0 Å². The fourth-order valence-electron chi connectivity index (χ4n) is 4.18. The fourth-order valence-corrected chi connectivity index (χ4v) is 4.92. The first-order valence-electron chi connectivity index (χ1n) is 11.0. The van der Waals surface area contributed by atoms with E-state index in [1.54, 1.807) is 11.3 Å². The Morgan fingerprint density at radius 2 is 1.48 bits per heavy atom. The summed E-state index contributed by atoms with van der Waals surface area (Å²) >= 11 is 1.62. The molecule has 0 unspecified atom stereocenters. The van der Waals surface area contributed by atoms with E-state index in [2.05, 4.69) is 35.0 Å². The molecule has 0 aliphatic heterocycles. The van der Waals surface area contributed by atoms with Crippen molar-refractivity contribution in [3.63, 3.8) is 0 Å².